The second kappa shape index (κ2) is 14.2. The van der Waals surface area contributed by atoms with Crippen LogP contribution in [0.25, 0.3) is 11.3 Å². The number of carbonyl (C=O) groups is 1. The zero-order valence-corrected chi connectivity index (χ0v) is 28.9. The second-order valence-electron chi connectivity index (χ2n) is 13.7. The molecule has 2 atom stereocenters. The lowest BCUT2D eigenvalue weighted by molar-refractivity contribution is -0.137. The highest BCUT2D eigenvalue weighted by Gasteiger charge is 2.48. The van der Waals surface area contributed by atoms with Crippen molar-refractivity contribution >= 4 is 23.5 Å². The van der Waals surface area contributed by atoms with Gasteiger partial charge in [0.2, 0.25) is 11.8 Å². The van der Waals surface area contributed by atoms with Crippen molar-refractivity contribution in [3.05, 3.63) is 48.2 Å². The van der Waals surface area contributed by atoms with E-state index in [1.807, 2.05) is 18.2 Å². The number of hydrogen-bond acceptors (Lipinski definition) is 12. The van der Waals surface area contributed by atoms with E-state index in [0.29, 0.717) is 29.0 Å². The summed E-state index contributed by atoms with van der Waals surface area (Å²) in [5.74, 6) is -2.11. The first-order valence-corrected chi connectivity index (χ1v) is 16.6. The van der Waals surface area contributed by atoms with Gasteiger partial charge in [0.15, 0.2) is 6.10 Å². The van der Waals surface area contributed by atoms with Crippen molar-refractivity contribution in [3.63, 3.8) is 0 Å². The molecule has 2 aromatic heterocycles. The van der Waals surface area contributed by atoms with Crippen LogP contribution in [0.15, 0.2) is 42.6 Å². The monoisotopic (exact) mass is 692 g/mol. The van der Waals surface area contributed by atoms with Gasteiger partial charge in [-0.05, 0) is 64.1 Å². The van der Waals surface area contributed by atoms with E-state index in [1.165, 1.54) is 12.1 Å². The summed E-state index contributed by atoms with van der Waals surface area (Å²) < 4.78 is 52.3. The summed E-state index contributed by atoms with van der Waals surface area (Å²) in [5, 5.41) is 13.0. The molecule has 0 radical (unpaired) electrons. The van der Waals surface area contributed by atoms with E-state index < -0.39 is 30.3 Å². The van der Waals surface area contributed by atoms with Gasteiger partial charge in [0, 0.05) is 50.4 Å². The van der Waals surface area contributed by atoms with Crippen LogP contribution >= 0.6 is 0 Å². The van der Waals surface area contributed by atoms with E-state index in [2.05, 4.69) is 37.0 Å². The van der Waals surface area contributed by atoms with Gasteiger partial charge in [-0.3, -0.25) is 4.90 Å². The third-order valence-electron chi connectivity index (χ3n) is 8.88. The van der Waals surface area contributed by atoms with Gasteiger partial charge in [-0.2, -0.15) is 10.2 Å². The molecule has 50 heavy (non-hydrogen) atoms. The smallest absolute Gasteiger partial charge is 0.410 e. The standard InChI is InChI=1S/C35H42F2N8O5/c1-22-18-43(25-19-48-20-25)14-15-45(22)27-7-9-30(41-31(27)47-5)42-32-39-12-10-26(40-32)23-6-8-28(24(16-23)17-38)49-29-11-13-44(21-35(29,36)37)33(46)50-34(2,3)4/h6-10,12,16,22,25,29H,11,13-15,18-21H2,1-5H3,(H,39,40,41,42)/t22-,29?/m1/s1. The number of rotatable bonds is 8. The number of nitriles is 1. The molecule has 0 saturated carbocycles. The number of hydrogen-bond donors (Lipinski definition) is 1. The van der Waals surface area contributed by atoms with Gasteiger partial charge in [0.25, 0.3) is 0 Å². The second-order valence-corrected chi connectivity index (χ2v) is 13.7. The molecule has 1 N–H and O–H groups in total. The number of halogens is 2. The number of nitrogens with zero attached hydrogens (tertiary/aromatic N) is 7. The molecule has 0 bridgehead atoms. The molecule has 3 saturated heterocycles. The highest BCUT2D eigenvalue weighted by molar-refractivity contribution is 5.69. The fourth-order valence-electron chi connectivity index (χ4n) is 6.25. The molecule has 0 spiro atoms. The first kappa shape index (κ1) is 35.0. The number of anilines is 3. The number of likely N-dealkylation sites (tertiary alicyclic amines) is 1. The van der Waals surface area contributed by atoms with E-state index >= 15 is 8.78 Å². The van der Waals surface area contributed by atoms with E-state index in [-0.39, 0.29) is 36.3 Å². The van der Waals surface area contributed by atoms with Crippen LogP contribution in [0.1, 0.15) is 39.7 Å². The summed E-state index contributed by atoms with van der Waals surface area (Å²) >= 11 is 0. The van der Waals surface area contributed by atoms with Crippen molar-refractivity contribution < 1.29 is 32.5 Å². The molecule has 3 fully saturated rings. The lowest BCUT2D eigenvalue weighted by atomic mass is 10.0. The molecule has 1 unspecified atom stereocenters. The Bertz CT molecular complexity index is 1740. The van der Waals surface area contributed by atoms with Crippen LogP contribution in [0, 0.1) is 11.3 Å². The Labute approximate surface area is 290 Å². The van der Waals surface area contributed by atoms with Crippen molar-refractivity contribution in [2.24, 2.45) is 0 Å². The lowest BCUT2D eigenvalue weighted by Crippen LogP contribution is -2.59. The molecule has 0 aliphatic carbocycles. The molecule has 3 aliphatic rings. The first-order valence-electron chi connectivity index (χ1n) is 16.6. The third kappa shape index (κ3) is 7.81. The summed E-state index contributed by atoms with van der Waals surface area (Å²) in [6, 6.07) is 13.0. The van der Waals surface area contributed by atoms with Gasteiger partial charge in [-0.15, -0.1) is 0 Å². The minimum absolute atomic E-state index is 0.0169. The predicted molar refractivity (Wildman–Crippen MR) is 181 cm³/mol. The van der Waals surface area contributed by atoms with Crippen molar-refractivity contribution in [2.75, 3.05) is 63.3 Å². The van der Waals surface area contributed by atoms with E-state index in [9.17, 15) is 10.1 Å². The Morgan fingerprint density at radius 2 is 1.92 bits per heavy atom. The molecule has 3 aliphatic heterocycles. The van der Waals surface area contributed by atoms with Gasteiger partial charge >= 0.3 is 12.0 Å². The fraction of sp³-hybridized carbons (Fsp3) is 0.514. The maximum atomic E-state index is 15.1. The molecule has 15 heteroatoms. The van der Waals surface area contributed by atoms with Crippen molar-refractivity contribution in [1.29, 1.82) is 5.26 Å². The predicted octanol–water partition coefficient (Wildman–Crippen LogP) is 5.10. The highest BCUT2D eigenvalue weighted by Crippen LogP contribution is 2.35. The molecule has 3 aromatic rings. The zero-order chi connectivity index (χ0) is 35.6. The minimum atomic E-state index is -3.36. The maximum absolute atomic E-state index is 15.1. The summed E-state index contributed by atoms with van der Waals surface area (Å²) in [4.78, 5) is 31.7. The maximum Gasteiger partial charge on any atom is 0.410 e. The van der Waals surface area contributed by atoms with E-state index in [0.717, 1.165) is 43.4 Å². The van der Waals surface area contributed by atoms with Crippen LogP contribution in [-0.4, -0.2) is 114 Å². The van der Waals surface area contributed by atoms with Gasteiger partial charge in [0.1, 0.15) is 28.9 Å². The fourth-order valence-corrected chi connectivity index (χ4v) is 6.25. The van der Waals surface area contributed by atoms with Gasteiger partial charge < -0.3 is 34.1 Å². The number of piperidine rings is 1. The van der Waals surface area contributed by atoms with Crippen LogP contribution in [0.5, 0.6) is 11.6 Å². The van der Waals surface area contributed by atoms with E-state index in [1.54, 1.807) is 46.2 Å². The number of piperazine rings is 1. The quantitative estimate of drug-likeness (QED) is 0.336. The number of alkyl halides is 2. The number of amides is 1. The Hall–Kier alpha value is -4.81. The van der Waals surface area contributed by atoms with Crippen LogP contribution in [0.3, 0.4) is 0 Å². The van der Waals surface area contributed by atoms with Gasteiger partial charge in [0.05, 0.1) is 44.2 Å². The number of nitrogens with one attached hydrogen (secondary N) is 1. The van der Waals surface area contributed by atoms with Crippen LogP contribution < -0.4 is 19.7 Å². The third-order valence-corrected chi connectivity index (χ3v) is 8.88. The average molecular weight is 693 g/mol. The molecule has 1 aromatic carbocycles. The summed E-state index contributed by atoms with van der Waals surface area (Å²) in [6.45, 7) is 10.7. The molecular formula is C35H42F2N8O5. The first-order chi connectivity index (χ1) is 23.8. The van der Waals surface area contributed by atoms with Gasteiger partial charge in [-0.1, -0.05) is 0 Å². The summed E-state index contributed by atoms with van der Waals surface area (Å²) in [6.07, 6.45) is -0.895. The Morgan fingerprint density at radius 1 is 1.12 bits per heavy atom. The van der Waals surface area contributed by atoms with Crippen LogP contribution in [0.2, 0.25) is 0 Å². The molecular weight excluding hydrogens is 650 g/mol. The normalized spacial score (nSPS) is 21.2. The van der Waals surface area contributed by atoms with Crippen LogP contribution in [-0.2, 0) is 9.47 Å². The number of carbonyl (C=O) groups excluding carboxylic acids is 1. The molecule has 6 rings (SSSR count). The number of aromatic nitrogens is 3. The topological polar surface area (TPSA) is 138 Å². The molecule has 266 valence electrons. The van der Waals surface area contributed by atoms with E-state index in [4.69, 9.17) is 18.9 Å². The average Bonchev–Trinajstić information content (AvgIpc) is 3.04. The van der Waals surface area contributed by atoms with Crippen molar-refractivity contribution in [1.82, 2.24) is 24.8 Å². The Kier molecular flexibility index (Phi) is 9.95. The summed E-state index contributed by atoms with van der Waals surface area (Å²) in [7, 11) is 1.59. The minimum Gasteiger partial charge on any atom is -0.483 e. The summed E-state index contributed by atoms with van der Waals surface area (Å²) in [5.41, 5.74) is 1.23. The van der Waals surface area contributed by atoms with Gasteiger partial charge in [-0.25, -0.2) is 23.5 Å². The van der Waals surface area contributed by atoms with Crippen LogP contribution in [0.4, 0.5) is 31.0 Å². The number of ether oxygens (including phenoxy) is 4. The van der Waals surface area contributed by atoms with Crippen molar-refractivity contribution in [2.45, 2.75) is 63.8 Å². The Balaban J connectivity index is 1.12. The van der Waals surface area contributed by atoms with Crippen molar-refractivity contribution in [3.8, 4) is 29.0 Å². The number of methoxy groups -OCH3 is 1. The Morgan fingerprint density at radius 3 is 2.58 bits per heavy atom. The highest BCUT2D eigenvalue weighted by atomic mass is 19.3. The number of benzene rings is 1. The molecule has 1 amide bonds. The lowest BCUT2D eigenvalue weighted by Gasteiger charge is -2.46. The number of pyridine rings is 1. The molecule has 13 nitrogen and oxygen atoms in total. The SMILES string of the molecule is COc1nc(Nc2nccc(-c3ccc(OC4CCN(C(=O)OC(C)(C)C)CC4(F)F)c(C#N)c3)n2)ccc1N1CCN(C2COC2)C[C@H]1C. The molecule has 5 heterocycles. The largest absolute Gasteiger partial charge is 0.483 e. The zero-order valence-electron chi connectivity index (χ0n) is 28.9.